The van der Waals surface area contributed by atoms with E-state index in [1.807, 2.05) is 32.1 Å². The summed E-state index contributed by atoms with van der Waals surface area (Å²) in [4.78, 5) is 0. The molecular formula is C23H21FeP+2. The zero-order valence-electron chi connectivity index (χ0n) is 14.2. The van der Waals surface area contributed by atoms with Gasteiger partial charge in [-0.25, -0.2) is 0 Å². The third kappa shape index (κ3) is 5.96. The van der Waals surface area contributed by atoms with E-state index in [0.29, 0.717) is 0 Å². The van der Waals surface area contributed by atoms with Gasteiger partial charge >= 0.3 is 17.1 Å². The molecule has 0 spiro atoms. The zero-order chi connectivity index (χ0) is 16.6. The number of hydrogen-bond acceptors (Lipinski definition) is 0. The van der Waals surface area contributed by atoms with Gasteiger partial charge in [-0.1, -0.05) is 67.6 Å². The van der Waals surface area contributed by atoms with E-state index in [-0.39, 0.29) is 17.1 Å². The number of benzene rings is 2. The quantitative estimate of drug-likeness (QED) is 0.522. The van der Waals surface area contributed by atoms with Crippen LogP contribution >= 0.6 is 7.92 Å². The smallest absolute Gasteiger partial charge is 0.0622 e. The molecule has 0 atom stereocenters. The van der Waals surface area contributed by atoms with Gasteiger partial charge < -0.3 is 0 Å². The summed E-state index contributed by atoms with van der Waals surface area (Å²) >= 11 is 0. The van der Waals surface area contributed by atoms with Crippen LogP contribution in [0, 0.1) is 62.9 Å². The van der Waals surface area contributed by atoms with Gasteiger partial charge in [-0.05, 0) is 75.8 Å². The number of rotatable bonds is 3. The van der Waals surface area contributed by atoms with Crippen molar-refractivity contribution in [2.75, 3.05) is 0 Å². The second-order valence-corrected chi connectivity index (χ2v) is 7.75. The van der Waals surface area contributed by atoms with Crippen molar-refractivity contribution in [3.63, 3.8) is 0 Å². The Kier molecular flexibility index (Phi) is 9.25. The van der Waals surface area contributed by atoms with Crippen LogP contribution in [0.15, 0.2) is 60.7 Å². The minimum absolute atomic E-state index is 0. The van der Waals surface area contributed by atoms with Gasteiger partial charge in [0, 0.05) is 5.66 Å². The first-order chi connectivity index (χ1) is 11.9. The van der Waals surface area contributed by atoms with E-state index in [1.54, 1.807) is 0 Å². The molecule has 0 amide bonds. The van der Waals surface area contributed by atoms with E-state index in [0.717, 1.165) is 0 Å². The van der Waals surface area contributed by atoms with Crippen LogP contribution in [0.25, 0.3) is 0 Å². The van der Waals surface area contributed by atoms with Gasteiger partial charge in [0.25, 0.3) is 0 Å². The topological polar surface area (TPSA) is 0 Å². The minimum Gasteiger partial charge on any atom is -0.0622 e. The molecule has 0 aliphatic heterocycles. The van der Waals surface area contributed by atoms with Crippen LogP contribution in [-0.4, -0.2) is 0 Å². The Morgan fingerprint density at radius 2 is 1.00 bits per heavy atom. The van der Waals surface area contributed by atoms with Crippen molar-refractivity contribution in [3.05, 3.63) is 124 Å². The molecule has 2 aliphatic carbocycles. The molecule has 2 fully saturated rings. The van der Waals surface area contributed by atoms with E-state index >= 15 is 0 Å². The molecule has 0 aromatic heterocycles. The van der Waals surface area contributed by atoms with Crippen molar-refractivity contribution in [1.82, 2.24) is 0 Å². The van der Waals surface area contributed by atoms with Gasteiger partial charge in [0.15, 0.2) is 0 Å². The molecule has 0 unspecified atom stereocenters. The fourth-order valence-electron chi connectivity index (χ4n) is 2.65. The molecule has 2 aliphatic rings. The van der Waals surface area contributed by atoms with Crippen LogP contribution in [0.4, 0.5) is 0 Å². The monoisotopic (exact) mass is 384 g/mol. The molecular weight excluding hydrogens is 363 g/mol. The summed E-state index contributed by atoms with van der Waals surface area (Å²) in [6.07, 6.45) is 16.6. The molecule has 0 bridgehead atoms. The second kappa shape index (κ2) is 11.2. The molecule has 10 radical (unpaired) electrons. The fraction of sp³-hybridized carbons (Fsp3) is 0.0435. The predicted molar refractivity (Wildman–Crippen MR) is 106 cm³/mol. The molecule has 124 valence electrons. The van der Waals surface area contributed by atoms with E-state index in [9.17, 15) is 0 Å². The summed E-state index contributed by atoms with van der Waals surface area (Å²) in [5, 5.41) is 2.83. The van der Waals surface area contributed by atoms with E-state index in [1.165, 1.54) is 22.2 Å². The van der Waals surface area contributed by atoms with E-state index in [4.69, 9.17) is 0 Å². The second-order valence-electron chi connectivity index (χ2n) is 5.56. The molecule has 25 heavy (non-hydrogen) atoms. The molecule has 2 saturated carbocycles. The third-order valence-corrected chi connectivity index (χ3v) is 6.44. The predicted octanol–water partition coefficient (Wildman–Crippen LogP) is 4.89. The summed E-state index contributed by atoms with van der Waals surface area (Å²) < 4.78 is 0. The Bertz CT molecular complexity index is 532. The summed E-state index contributed by atoms with van der Waals surface area (Å²) in [6, 6.07) is 21.7. The molecule has 2 heteroatoms. The van der Waals surface area contributed by atoms with Gasteiger partial charge in [0.2, 0.25) is 0 Å². The molecule has 0 heterocycles. The van der Waals surface area contributed by atoms with Crippen molar-refractivity contribution in [1.29, 1.82) is 0 Å². The number of hydrogen-bond donors (Lipinski definition) is 0. The van der Waals surface area contributed by atoms with Crippen LogP contribution in [-0.2, 0) is 17.1 Å². The third-order valence-electron chi connectivity index (χ3n) is 3.83. The maximum Gasteiger partial charge on any atom is 2.00 e. The Hall–Kier alpha value is -0.611. The summed E-state index contributed by atoms with van der Waals surface area (Å²) in [7, 11) is -0.430. The summed E-state index contributed by atoms with van der Waals surface area (Å²) in [5.41, 5.74) is 1.47. The van der Waals surface area contributed by atoms with Crippen LogP contribution in [0.5, 0.6) is 0 Å². The first-order valence-electron chi connectivity index (χ1n) is 8.15. The SMILES string of the molecule is C[C]1[CH][CH][CH][C]1P(c1ccccc1)c1ccccc1.[CH]1[CH][CH][CH][CH]1.[Fe+2]. The van der Waals surface area contributed by atoms with E-state index in [2.05, 4.69) is 86.8 Å². The molecule has 2 aromatic carbocycles. The van der Waals surface area contributed by atoms with Gasteiger partial charge in [-0.3, -0.25) is 0 Å². The standard InChI is InChI=1S/C18H16P.C5H5.Fe/c1-15-9-8-14-18(15)19(16-10-4-2-5-11-16)17-12-6-3-7-13-17;1-2-4-5-3-1;/h2-14H,1H3;1-5H;/q;;+2. The molecule has 0 N–H and O–H groups in total. The normalized spacial score (nSPS) is 17.8. The van der Waals surface area contributed by atoms with Crippen molar-refractivity contribution < 1.29 is 17.1 Å². The van der Waals surface area contributed by atoms with E-state index < -0.39 is 7.92 Å². The van der Waals surface area contributed by atoms with Crippen LogP contribution in [0.1, 0.15) is 6.92 Å². The van der Waals surface area contributed by atoms with Crippen LogP contribution < -0.4 is 10.6 Å². The summed E-state index contributed by atoms with van der Waals surface area (Å²) in [6.45, 7) is 2.20. The molecule has 4 rings (SSSR count). The van der Waals surface area contributed by atoms with Gasteiger partial charge in [-0.15, -0.1) is 0 Å². The first kappa shape index (κ1) is 20.7. The van der Waals surface area contributed by atoms with Crippen molar-refractivity contribution in [2.24, 2.45) is 0 Å². The Morgan fingerprint density at radius 1 is 0.560 bits per heavy atom. The van der Waals surface area contributed by atoms with Crippen molar-refractivity contribution in [3.8, 4) is 0 Å². The average molecular weight is 384 g/mol. The molecule has 0 nitrogen and oxygen atoms in total. The van der Waals surface area contributed by atoms with Crippen LogP contribution in [0.3, 0.4) is 0 Å². The largest absolute Gasteiger partial charge is 2.00 e. The zero-order valence-corrected chi connectivity index (χ0v) is 16.2. The van der Waals surface area contributed by atoms with Gasteiger partial charge in [0.1, 0.15) is 0 Å². The average Bonchev–Trinajstić information content (AvgIpc) is 3.33. The maximum absolute atomic E-state index is 2.26. The first-order valence-corrected chi connectivity index (χ1v) is 9.49. The Labute approximate surface area is 166 Å². The van der Waals surface area contributed by atoms with Crippen molar-refractivity contribution >= 4 is 18.5 Å². The molecule has 2 aromatic rings. The maximum atomic E-state index is 2.26. The van der Waals surface area contributed by atoms with Gasteiger partial charge in [0.05, 0.1) is 0 Å². The minimum atomic E-state index is -0.430. The summed E-state index contributed by atoms with van der Waals surface area (Å²) in [5.74, 6) is 1.39. The molecule has 0 saturated heterocycles. The Balaban J connectivity index is 0.000000325. The van der Waals surface area contributed by atoms with Crippen molar-refractivity contribution in [2.45, 2.75) is 6.92 Å². The fourth-order valence-corrected chi connectivity index (χ4v) is 5.11. The van der Waals surface area contributed by atoms with Gasteiger partial charge in [-0.2, -0.15) is 0 Å². The van der Waals surface area contributed by atoms with Crippen LogP contribution in [0.2, 0.25) is 0 Å². The Morgan fingerprint density at radius 3 is 1.36 bits per heavy atom.